The van der Waals surface area contributed by atoms with Gasteiger partial charge in [0.2, 0.25) is 11.8 Å². The van der Waals surface area contributed by atoms with Crippen molar-refractivity contribution in [1.82, 2.24) is 10.2 Å². The number of unbranched alkanes of at least 4 members (excludes halogenated alkanes) is 7. The van der Waals surface area contributed by atoms with E-state index in [1.807, 2.05) is 30.3 Å². The highest BCUT2D eigenvalue weighted by atomic mass is 16.2. The standard InChI is InChI=1S/C28H42N4O4/c1-4-5-6-7-8-9-13-19-23(33)31-22(28(36)32(2)3)18-14-15-20-29-24-25(27(35)26(24)34)30-21-16-11-10-12-17-21/h10-12,16-17,22,29-30H,4-9,13-15,18-20H2,1-3H3,(H,31,33)/t22-/m0/s1. The summed E-state index contributed by atoms with van der Waals surface area (Å²) < 4.78 is 0. The summed E-state index contributed by atoms with van der Waals surface area (Å²) in [4.78, 5) is 50.4. The summed E-state index contributed by atoms with van der Waals surface area (Å²) in [5, 5.41) is 8.96. The van der Waals surface area contributed by atoms with Crippen LogP contribution in [0.25, 0.3) is 0 Å². The molecule has 0 aliphatic rings. The van der Waals surface area contributed by atoms with Crippen LogP contribution in [-0.4, -0.2) is 43.4 Å². The summed E-state index contributed by atoms with van der Waals surface area (Å²) in [5.41, 5.74) is 0.274. The molecule has 8 nitrogen and oxygen atoms in total. The quantitative estimate of drug-likeness (QED) is 0.209. The molecule has 36 heavy (non-hydrogen) atoms. The van der Waals surface area contributed by atoms with Crippen molar-refractivity contribution in [2.24, 2.45) is 0 Å². The summed E-state index contributed by atoms with van der Waals surface area (Å²) in [5.74, 6) is -0.199. The molecule has 0 spiro atoms. The van der Waals surface area contributed by atoms with Gasteiger partial charge in [0.25, 0.3) is 10.9 Å². The van der Waals surface area contributed by atoms with Crippen LogP contribution in [-0.2, 0) is 9.59 Å². The van der Waals surface area contributed by atoms with Gasteiger partial charge in [0.05, 0.1) is 0 Å². The second kappa shape index (κ2) is 15.8. The van der Waals surface area contributed by atoms with Gasteiger partial charge >= 0.3 is 0 Å². The number of amides is 2. The van der Waals surface area contributed by atoms with E-state index in [-0.39, 0.29) is 17.5 Å². The van der Waals surface area contributed by atoms with E-state index in [4.69, 9.17) is 0 Å². The molecule has 2 aromatic rings. The average molecular weight is 499 g/mol. The van der Waals surface area contributed by atoms with Crippen molar-refractivity contribution in [3.63, 3.8) is 0 Å². The third-order valence-corrected chi connectivity index (χ3v) is 6.26. The third kappa shape index (κ3) is 9.47. The summed E-state index contributed by atoms with van der Waals surface area (Å²) in [6, 6.07) is 8.66. The lowest BCUT2D eigenvalue weighted by Crippen LogP contribution is -2.46. The van der Waals surface area contributed by atoms with E-state index in [0.29, 0.717) is 37.9 Å². The van der Waals surface area contributed by atoms with E-state index >= 15 is 0 Å². The molecule has 0 heterocycles. The molecule has 0 bridgehead atoms. The average Bonchev–Trinajstić information content (AvgIpc) is 2.88. The highest BCUT2D eigenvalue weighted by molar-refractivity contribution is 5.87. The van der Waals surface area contributed by atoms with Crippen LogP contribution in [0.15, 0.2) is 39.9 Å². The summed E-state index contributed by atoms with van der Waals surface area (Å²) in [6.45, 7) is 2.69. The van der Waals surface area contributed by atoms with Crippen molar-refractivity contribution < 1.29 is 9.59 Å². The van der Waals surface area contributed by atoms with Crippen LogP contribution < -0.4 is 26.8 Å². The lowest BCUT2D eigenvalue weighted by atomic mass is 10.1. The Balaban J connectivity index is 1.74. The Bertz CT molecular complexity index is 1010. The largest absolute Gasteiger partial charge is 0.380 e. The molecule has 3 N–H and O–H groups in total. The number of rotatable bonds is 18. The molecule has 0 saturated carbocycles. The Morgan fingerprint density at radius 1 is 0.833 bits per heavy atom. The summed E-state index contributed by atoms with van der Waals surface area (Å²) >= 11 is 0. The highest BCUT2D eigenvalue weighted by Gasteiger charge is 2.23. The van der Waals surface area contributed by atoms with Crippen LogP contribution >= 0.6 is 0 Å². The van der Waals surface area contributed by atoms with Gasteiger partial charge in [0, 0.05) is 32.7 Å². The van der Waals surface area contributed by atoms with E-state index in [2.05, 4.69) is 22.9 Å². The maximum Gasteiger partial charge on any atom is 0.253 e. The maximum absolute atomic E-state index is 12.6. The van der Waals surface area contributed by atoms with Gasteiger partial charge in [-0.1, -0.05) is 63.6 Å². The van der Waals surface area contributed by atoms with Crippen LogP contribution in [0.3, 0.4) is 0 Å². The van der Waals surface area contributed by atoms with E-state index in [9.17, 15) is 19.2 Å². The Morgan fingerprint density at radius 2 is 1.47 bits per heavy atom. The minimum atomic E-state index is -0.557. The van der Waals surface area contributed by atoms with E-state index in [1.54, 1.807) is 14.1 Å². The predicted molar refractivity (Wildman–Crippen MR) is 147 cm³/mol. The van der Waals surface area contributed by atoms with Gasteiger partial charge in [-0.25, -0.2) is 0 Å². The summed E-state index contributed by atoms with van der Waals surface area (Å²) in [6.07, 6.45) is 10.3. The molecule has 0 radical (unpaired) electrons. The van der Waals surface area contributed by atoms with Crippen LogP contribution in [0.1, 0.15) is 77.6 Å². The second-order valence-electron chi connectivity index (χ2n) is 9.55. The van der Waals surface area contributed by atoms with Gasteiger partial charge in [-0.2, -0.15) is 0 Å². The molecule has 2 rings (SSSR count). The highest BCUT2D eigenvalue weighted by Crippen LogP contribution is 2.20. The molecule has 0 aliphatic carbocycles. The van der Waals surface area contributed by atoms with Gasteiger partial charge in [0.15, 0.2) is 0 Å². The van der Waals surface area contributed by atoms with E-state index < -0.39 is 16.9 Å². The zero-order valence-corrected chi connectivity index (χ0v) is 22.0. The molecule has 2 aromatic carbocycles. The molecule has 0 unspecified atom stereocenters. The van der Waals surface area contributed by atoms with Crippen LogP contribution in [0, 0.1) is 0 Å². The first-order valence-electron chi connectivity index (χ1n) is 13.2. The molecule has 0 saturated heterocycles. The molecule has 2 amide bonds. The van der Waals surface area contributed by atoms with Crippen molar-refractivity contribution >= 4 is 28.9 Å². The van der Waals surface area contributed by atoms with E-state index in [0.717, 1.165) is 24.9 Å². The SMILES string of the molecule is CCCCCCCCCC(=O)N[C@@H](CCCCNc1c(Nc2ccccc2)c(=O)c1=O)C(=O)N(C)C. The minimum Gasteiger partial charge on any atom is -0.380 e. The lowest BCUT2D eigenvalue weighted by molar-refractivity contribution is -0.134. The number of anilines is 3. The number of carbonyl (C=O) groups excluding carboxylic acids is 2. The first-order chi connectivity index (χ1) is 17.3. The number of nitrogens with one attached hydrogen (secondary N) is 3. The molecule has 0 fully saturated rings. The second-order valence-corrected chi connectivity index (χ2v) is 9.55. The van der Waals surface area contributed by atoms with Crippen molar-refractivity contribution in [2.45, 2.75) is 83.6 Å². The monoisotopic (exact) mass is 498 g/mol. The van der Waals surface area contributed by atoms with Gasteiger partial charge < -0.3 is 20.9 Å². The van der Waals surface area contributed by atoms with Gasteiger partial charge in [-0.15, -0.1) is 0 Å². The maximum atomic E-state index is 12.6. The number of nitrogens with zero attached hydrogens (tertiary/aromatic N) is 1. The molecule has 198 valence electrons. The van der Waals surface area contributed by atoms with Crippen molar-refractivity contribution in [3.8, 4) is 0 Å². The molecular formula is C28H42N4O4. The van der Waals surface area contributed by atoms with Crippen LogP contribution in [0.2, 0.25) is 0 Å². The number of hydrogen-bond acceptors (Lipinski definition) is 6. The van der Waals surface area contributed by atoms with E-state index in [1.165, 1.54) is 30.6 Å². The van der Waals surface area contributed by atoms with Crippen molar-refractivity contribution in [3.05, 3.63) is 50.8 Å². The van der Waals surface area contributed by atoms with Crippen molar-refractivity contribution in [1.29, 1.82) is 0 Å². The van der Waals surface area contributed by atoms with Gasteiger partial charge in [-0.05, 0) is 37.8 Å². The number of para-hydroxylation sites is 1. The summed E-state index contributed by atoms with van der Waals surface area (Å²) in [7, 11) is 3.37. The number of benzene rings is 1. The smallest absolute Gasteiger partial charge is 0.253 e. The van der Waals surface area contributed by atoms with Crippen LogP contribution in [0.4, 0.5) is 17.1 Å². The molecule has 0 aromatic heterocycles. The van der Waals surface area contributed by atoms with Gasteiger partial charge in [0.1, 0.15) is 17.4 Å². The minimum absolute atomic E-state index is 0.0813. The normalized spacial score (nSPS) is 11.8. The Hall–Kier alpha value is -3.16. The molecular weight excluding hydrogens is 456 g/mol. The molecule has 1 atom stereocenters. The first kappa shape index (κ1) is 29.1. The number of carbonyl (C=O) groups is 2. The van der Waals surface area contributed by atoms with Crippen LogP contribution in [0.5, 0.6) is 0 Å². The Morgan fingerprint density at radius 3 is 2.14 bits per heavy atom. The first-order valence-corrected chi connectivity index (χ1v) is 13.2. The topological polar surface area (TPSA) is 108 Å². The number of likely N-dealkylation sites (N-methyl/N-ethyl adjacent to an activating group) is 1. The van der Waals surface area contributed by atoms with Gasteiger partial charge in [-0.3, -0.25) is 19.2 Å². The molecule has 8 heteroatoms. The number of hydrogen-bond donors (Lipinski definition) is 3. The Labute approximate surface area is 214 Å². The predicted octanol–water partition coefficient (Wildman–Crippen LogP) is 4.32. The lowest BCUT2D eigenvalue weighted by Gasteiger charge is -2.22. The fourth-order valence-corrected chi connectivity index (χ4v) is 4.11. The van der Waals surface area contributed by atoms with Crippen molar-refractivity contribution in [2.75, 3.05) is 31.3 Å². The third-order valence-electron chi connectivity index (χ3n) is 6.26. The Kier molecular flexibility index (Phi) is 12.7. The zero-order chi connectivity index (χ0) is 26.3. The fourth-order valence-electron chi connectivity index (χ4n) is 4.11. The molecule has 0 aliphatic heterocycles. The zero-order valence-electron chi connectivity index (χ0n) is 22.0. The fraction of sp³-hybridized carbons (Fsp3) is 0.571.